The van der Waals surface area contributed by atoms with E-state index in [0.717, 1.165) is 63.4 Å². The highest BCUT2D eigenvalue weighted by atomic mass is 19.1. The summed E-state index contributed by atoms with van der Waals surface area (Å²) >= 11 is 0. The van der Waals surface area contributed by atoms with E-state index in [1.54, 1.807) is 6.07 Å². The van der Waals surface area contributed by atoms with Crippen molar-refractivity contribution in [2.45, 2.75) is 69.7 Å². The molecule has 0 spiro atoms. The van der Waals surface area contributed by atoms with Crippen molar-refractivity contribution in [1.82, 2.24) is 4.98 Å². The molecule has 0 radical (unpaired) electrons. The summed E-state index contributed by atoms with van der Waals surface area (Å²) in [5, 5.41) is 0. The van der Waals surface area contributed by atoms with Gasteiger partial charge in [0.1, 0.15) is 11.6 Å². The third-order valence-corrected chi connectivity index (χ3v) is 10.1. The lowest BCUT2D eigenvalue weighted by atomic mass is 9.96. The lowest BCUT2D eigenvalue weighted by Crippen LogP contribution is -2.50. The van der Waals surface area contributed by atoms with Gasteiger partial charge in [-0.05, 0) is 74.8 Å². The molecule has 50 heavy (non-hydrogen) atoms. The van der Waals surface area contributed by atoms with Crippen molar-refractivity contribution in [3.8, 4) is 0 Å². The highest BCUT2D eigenvalue weighted by Gasteiger charge is 2.41. The van der Waals surface area contributed by atoms with Crippen LogP contribution in [0.25, 0.3) is 0 Å². The summed E-state index contributed by atoms with van der Waals surface area (Å²) in [6.45, 7) is 8.81. The molecule has 0 saturated carbocycles. The number of benzene rings is 2. The van der Waals surface area contributed by atoms with Crippen LogP contribution in [-0.2, 0) is 30.3 Å². The number of halogens is 1. The molecule has 3 aliphatic rings. The van der Waals surface area contributed by atoms with Crippen molar-refractivity contribution >= 4 is 17.2 Å². The first-order chi connectivity index (χ1) is 24.8. The van der Waals surface area contributed by atoms with E-state index < -0.39 is 0 Å². The molecule has 4 heterocycles. The molecule has 10 heteroatoms. The van der Waals surface area contributed by atoms with Crippen molar-refractivity contribution in [2.75, 3.05) is 93.8 Å². The number of pyridine rings is 1. The van der Waals surface area contributed by atoms with Crippen LogP contribution in [0.1, 0.15) is 50.5 Å². The summed E-state index contributed by atoms with van der Waals surface area (Å²) in [6.07, 6.45) is 9.91. The van der Waals surface area contributed by atoms with Gasteiger partial charge in [-0.2, -0.15) is 0 Å². The minimum absolute atomic E-state index is 0.167. The Labute approximate surface area is 297 Å². The van der Waals surface area contributed by atoms with Crippen LogP contribution in [0.2, 0.25) is 0 Å². The fourth-order valence-electron chi connectivity index (χ4n) is 7.69. The average Bonchev–Trinajstić information content (AvgIpc) is 3.60. The number of aromatic nitrogens is 1. The molecule has 3 saturated heterocycles. The van der Waals surface area contributed by atoms with Gasteiger partial charge in [0.05, 0.1) is 71.5 Å². The molecule has 0 N–H and O–H groups in total. The van der Waals surface area contributed by atoms with Gasteiger partial charge in [-0.1, -0.05) is 36.4 Å². The highest BCUT2D eigenvalue weighted by molar-refractivity contribution is 5.58. The first-order valence-corrected chi connectivity index (χ1v) is 18.7. The third kappa shape index (κ3) is 10.6. The molecule has 1 unspecified atom stereocenters. The molecule has 9 nitrogen and oxygen atoms in total. The Bertz CT molecular complexity index is 1400. The Balaban J connectivity index is 0.844. The maximum atomic E-state index is 14.1. The predicted octanol–water partition coefficient (Wildman–Crippen LogP) is 6.50. The summed E-state index contributed by atoms with van der Waals surface area (Å²) in [4.78, 5) is 12.4. The normalized spacial score (nSPS) is 20.7. The molecule has 3 atom stereocenters. The number of hydrogen-bond acceptors (Lipinski definition) is 9. The van der Waals surface area contributed by atoms with Crippen molar-refractivity contribution < 1.29 is 28.1 Å². The predicted molar refractivity (Wildman–Crippen MR) is 196 cm³/mol. The lowest BCUT2D eigenvalue weighted by Gasteiger charge is -2.42. The Morgan fingerprint density at radius 2 is 1.26 bits per heavy atom. The Hall–Kier alpha value is -3.28. The molecule has 3 aliphatic heterocycles. The second-order valence-electron chi connectivity index (χ2n) is 13.4. The van der Waals surface area contributed by atoms with Crippen LogP contribution in [0.3, 0.4) is 0 Å². The SMILES string of the molecule is Fc1cccc(N2CCC[C@@H]3[C@H]2CCN3c2cc(N3CCCCC3CCOCCOCCOCCOCCOCc3ccccc3)ccn2)c1. The first-order valence-electron chi connectivity index (χ1n) is 18.7. The second-order valence-corrected chi connectivity index (χ2v) is 13.4. The standard InChI is InChI=1S/C40H55FN4O5/c41-34-10-6-12-36(30-34)44-19-7-13-38-39(44)15-20-45(38)40-31-37(14-17-42-40)43-18-5-4-11-35(43)16-21-46-22-23-47-24-25-48-26-27-49-28-29-50-32-33-8-2-1-3-9-33/h1-3,6,8-10,12,14,17,30-31,35,38-39H,4-5,7,11,13,15-16,18-29,32H2/t35?,38-,39-/m1/s1. The summed E-state index contributed by atoms with van der Waals surface area (Å²) in [6, 6.07) is 22.9. The summed E-state index contributed by atoms with van der Waals surface area (Å²) < 4.78 is 42.5. The molecule has 272 valence electrons. The third-order valence-electron chi connectivity index (χ3n) is 10.1. The Kier molecular flexibility index (Phi) is 14.6. The largest absolute Gasteiger partial charge is 0.379 e. The van der Waals surface area contributed by atoms with E-state index in [1.807, 2.05) is 36.5 Å². The number of ether oxygens (including phenoxy) is 5. The molecule has 2 aromatic carbocycles. The highest BCUT2D eigenvalue weighted by Crippen LogP contribution is 2.38. The fourth-order valence-corrected chi connectivity index (χ4v) is 7.69. The monoisotopic (exact) mass is 690 g/mol. The van der Waals surface area contributed by atoms with Crippen LogP contribution in [0.5, 0.6) is 0 Å². The van der Waals surface area contributed by atoms with Crippen LogP contribution in [0.15, 0.2) is 72.9 Å². The maximum absolute atomic E-state index is 14.1. The number of nitrogens with zero attached hydrogens (tertiary/aromatic N) is 4. The quantitative estimate of drug-likeness (QED) is 0.124. The van der Waals surface area contributed by atoms with Gasteiger partial charge in [0.25, 0.3) is 0 Å². The number of piperidine rings is 2. The topological polar surface area (TPSA) is 68.8 Å². The summed E-state index contributed by atoms with van der Waals surface area (Å²) in [7, 11) is 0. The van der Waals surface area contributed by atoms with Crippen LogP contribution in [-0.4, -0.2) is 102 Å². The van der Waals surface area contributed by atoms with Crippen LogP contribution >= 0.6 is 0 Å². The van der Waals surface area contributed by atoms with Crippen molar-refractivity contribution in [1.29, 1.82) is 0 Å². The molecule has 0 amide bonds. The van der Waals surface area contributed by atoms with E-state index in [0.29, 0.717) is 77.6 Å². The zero-order chi connectivity index (χ0) is 34.2. The van der Waals surface area contributed by atoms with Gasteiger partial charge in [-0.3, -0.25) is 0 Å². The van der Waals surface area contributed by atoms with E-state index in [1.165, 1.54) is 36.6 Å². The molecule has 6 rings (SSSR count). The smallest absolute Gasteiger partial charge is 0.130 e. The van der Waals surface area contributed by atoms with Gasteiger partial charge in [-0.25, -0.2) is 9.37 Å². The minimum atomic E-state index is -0.167. The average molecular weight is 691 g/mol. The van der Waals surface area contributed by atoms with Gasteiger partial charge < -0.3 is 38.4 Å². The molecular formula is C40H55FN4O5. The molecule has 3 fully saturated rings. The second kappa shape index (κ2) is 19.9. The van der Waals surface area contributed by atoms with Crippen molar-refractivity contribution in [2.24, 2.45) is 0 Å². The fraction of sp³-hybridized carbons (Fsp3) is 0.575. The van der Waals surface area contributed by atoms with E-state index in [2.05, 4.69) is 39.0 Å². The molecular weight excluding hydrogens is 635 g/mol. The van der Waals surface area contributed by atoms with Gasteiger partial charge >= 0.3 is 0 Å². The zero-order valence-electron chi connectivity index (χ0n) is 29.5. The van der Waals surface area contributed by atoms with Crippen molar-refractivity contribution in [3.05, 3.63) is 84.3 Å². The Morgan fingerprint density at radius 3 is 2.02 bits per heavy atom. The van der Waals surface area contributed by atoms with E-state index in [9.17, 15) is 4.39 Å². The van der Waals surface area contributed by atoms with Crippen molar-refractivity contribution in [3.63, 3.8) is 0 Å². The summed E-state index contributed by atoms with van der Waals surface area (Å²) in [5.41, 5.74) is 3.42. The molecule has 1 aromatic heterocycles. The van der Waals surface area contributed by atoms with Gasteiger partial charge in [0, 0.05) is 55.9 Å². The van der Waals surface area contributed by atoms with E-state index in [4.69, 9.17) is 28.7 Å². The minimum Gasteiger partial charge on any atom is -0.379 e. The van der Waals surface area contributed by atoms with Crippen LogP contribution < -0.4 is 14.7 Å². The first kappa shape index (κ1) is 36.5. The number of anilines is 3. The molecule has 0 aliphatic carbocycles. The van der Waals surface area contributed by atoms with Gasteiger partial charge in [0.2, 0.25) is 0 Å². The van der Waals surface area contributed by atoms with Gasteiger partial charge in [0.15, 0.2) is 0 Å². The van der Waals surface area contributed by atoms with Gasteiger partial charge in [-0.15, -0.1) is 0 Å². The number of rotatable bonds is 20. The van der Waals surface area contributed by atoms with E-state index in [-0.39, 0.29) is 5.82 Å². The van der Waals surface area contributed by atoms with Crippen LogP contribution in [0.4, 0.5) is 21.6 Å². The number of hydrogen-bond donors (Lipinski definition) is 0. The number of fused-ring (bicyclic) bond motifs is 1. The molecule has 3 aromatic rings. The van der Waals surface area contributed by atoms with Crippen LogP contribution in [0, 0.1) is 5.82 Å². The molecule has 0 bridgehead atoms. The Morgan fingerprint density at radius 1 is 0.580 bits per heavy atom. The lowest BCUT2D eigenvalue weighted by molar-refractivity contribution is -0.0128. The maximum Gasteiger partial charge on any atom is 0.130 e. The summed E-state index contributed by atoms with van der Waals surface area (Å²) in [5.74, 6) is 0.898. The zero-order valence-corrected chi connectivity index (χ0v) is 29.5. The van der Waals surface area contributed by atoms with E-state index >= 15 is 0 Å².